The summed E-state index contributed by atoms with van der Waals surface area (Å²) in [5.41, 5.74) is 0.976. The van der Waals surface area contributed by atoms with E-state index in [-0.39, 0.29) is 0 Å². The third-order valence-corrected chi connectivity index (χ3v) is 3.50. The molecular weight excluding hydrogens is 369 g/mol. The molecule has 1 heterocycles. The first-order valence-corrected chi connectivity index (χ1v) is 7.12. The fourth-order valence-corrected chi connectivity index (χ4v) is 2.20. The largest absolute Gasteiger partial charge is 0.437 e. The van der Waals surface area contributed by atoms with Crippen LogP contribution in [0.5, 0.6) is 11.6 Å². The summed E-state index contributed by atoms with van der Waals surface area (Å²) in [5, 5.41) is 1.24. The Morgan fingerprint density at radius 1 is 1.29 bits per heavy atom. The van der Waals surface area contributed by atoms with Crippen molar-refractivity contribution in [3.05, 3.63) is 51.6 Å². The lowest BCUT2D eigenvalue weighted by Crippen LogP contribution is -1.92. The number of hydrogen-bond acceptors (Lipinski definition) is 2. The Kier molecular flexibility index (Phi) is 4.42. The second-order valence-corrected chi connectivity index (χ2v) is 5.16. The normalized spacial score (nSPS) is 10.3. The number of alkyl halides is 1. The van der Waals surface area contributed by atoms with Crippen LogP contribution in [0.2, 0.25) is 5.02 Å². The first-order chi connectivity index (χ1) is 8.20. The molecule has 0 radical (unpaired) electrons. The highest BCUT2D eigenvalue weighted by atomic mass is 79.9. The van der Waals surface area contributed by atoms with Crippen LogP contribution in [0.4, 0.5) is 0 Å². The van der Waals surface area contributed by atoms with Crippen LogP contribution in [0.3, 0.4) is 0 Å². The summed E-state index contributed by atoms with van der Waals surface area (Å²) >= 11 is 12.8. The van der Waals surface area contributed by atoms with E-state index in [4.69, 9.17) is 16.3 Å². The lowest BCUT2D eigenvalue weighted by Gasteiger charge is -2.09. The maximum atomic E-state index is 6.06. The number of rotatable bonds is 3. The minimum atomic E-state index is 0.555. The van der Waals surface area contributed by atoms with Gasteiger partial charge in [-0.3, -0.25) is 0 Å². The minimum Gasteiger partial charge on any atom is -0.437 e. The highest BCUT2D eigenvalue weighted by Gasteiger charge is 2.08. The summed E-state index contributed by atoms with van der Waals surface area (Å²) in [6.45, 7) is 0. The number of aromatic nitrogens is 1. The van der Waals surface area contributed by atoms with Crippen molar-refractivity contribution in [1.29, 1.82) is 0 Å². The van der Waals surface area contributed by atoms with E-state index in [1.54, 1.807) is 12.3 Å². The summed E-state index contributed by atoms with van der Waals surface area (Å²) in [5.74, 6) is 1.14. The summed E-state index contributed by atoms with van der Waals surface area (Å²) in [6.07, 6.45) is 1.69. The molecule has 1 aromatic carbocycles. The second kappa shape index (κ2) is 5.85. The molecular formula is C12H8Br2ClNO. The zero-order valence-electron chi connectivity index (χ0n) is 8.66. The third kappa shape index (κ3) is 3.21. The number of benzene rings is 1. The lowest BCUT2D eigenvalue weighted by molar-refractivity contribution is 0.458. The summed E-state index contributed by atoms with van der Waals surface area (Å²) in [4.78, 5) is 4.19. The Labute approximate surface area is 121 Å². The monoisotopic (exact) mass is 375 g/mol. The zero-order valence-corrected chi connectivity index (χ0v) is 12.6. The zero-order chi connectivity index (χ0) is 12.3. The quantitative estimate of drug-likeness (QED) is 0.687. The van der Waals surface area contributed by atoms with Gasteiger partial charge in [-0.25, -0.2) is 4.98 Å². The van der Waals surface area contributed by atoms with Gasteiger partial charge in [-0.1, -0.05) is 49.5 Å². The molecule has 0 bridgehead atoms. The fourth-order valence-electron chi connectivity index (χ4n) is 1.28. The van der Waals surface area contributed by atoms with Gasteiger partial charge in [0.05, 0.1) is 5.02 Å². The van der Waals surface area contributed by atoms with Crippen molar-refractivity contribution in [2.24, 2.45) is 0 Å². The lowest BCUT2D eigenvalue weighted by atomic mass is 10.3. The Bertz CT molecular complexity index is 534. The van der Waals surface area contributed by atoms with Gasteiger partial charge < -0.3 is 4.74 Å². The van der Waals surface area contributed by atoms with E-state index in [9.17, 15) is 0 Å². The molecule has 2 nitrogen and oxygen atoms in total. The van der Waals surface area contributed by atoms with E-state index in [1.807, 2.05) is 24.3 Å². The van der Waals surface area contributed by atoms with Crippen LogP contribution in [-0.2, 0) is 5.33 Å². The third-order valence-electron chi connectivity index (χ3n) is 2.09. The smallest absolute Gasteiger partial charge is 0.223 e. The van der Waals surface area contributed by atoms with Gasteiger partial charge in [-0.05, 0) is 24.3 Å². The van der Waals surface area contributed by atoms with E-state index in [0.29, 0.717) is 22.0 Å². The highest BCUT2D eigenvalue weighted by Crippen LogP contribution is 2.32. The molecule has 2 rings (SSSR count). The number of halogens is 3. The maximum absolute atomic E-state index is 6.06. The topological polar surface area (TPSA) is 22.1 Å². The number of pyridine rings is 1. The Morgan fingerprint density at radius 3 is 2.88 bits per heavy atom. The standard InChI is InChI=1S/C12H8Br2ClNO/c13-7-8-2-1-5-16-12(8)17-11-6-9(14)3-4-10(11)15/h1-6H,7H2. The fraction of sp³-hybridized carbons (Fsp3) is 0.0833. The molecule has 5 heteroatoms. The average molecular weight is 377 g/mol. The summed E-state index contributed by atoms with van der Waals surface area (Å²) in [7, 11) is 0. The second-order valence-electron chi connectivity index (χ2n) is 3.28. The van der Waals surface area contributed by atoms with Gasteiger partial charge >= 0.3 is 0 Å². The van der Waals surface area contributed by atoms with Gasteiger partial charge in [0.15, 0.2) is 0 Å². The van der Waals surface area contributed by atoms with E-state index in [1.165, 1.54) is 0 Å². The van der Waals surface area contributed by atoms with Crippen LogP contribution in [-0.4, -0.2) is 4.98 Å². The molecule has 88 valence electrons. The van der Waals surface area contributed by atoms with E-state index >= 15 is 0 Å². The number of ether oxygens (including phenoxy) is 1. The van der Waals surface area contributed by atoms with Gasteiger partial charge in [0.25, 0.3) is 0 Å². The molecule has 0 aliphatic carbocycles. The van der Waals surface area contributed by atoms with Crippen molar-refractivity contribution in [2.75, 3.05) is 0 Å². The molecule has 17 heavy (non-hydrogen) atoms. The molecule has 0 fully saturated rings. The van der Waals surface area contributed by atoms with Crippen molar-refractivity contribution in [2.45, 2.75) is 5.33 Å². The van der Waals surface area contributed by atoms with E-state index in [2.05, 4.69) is 36.8 Å². The van der Waals surface area contributed by atoms with E-state index < -0.39 is 0 Å². The van der Waals surface area contributed by atoms with Crippen molar-refractivity contribution < 1.29 is 4.74 Å². The molecule has 0 amide bonds. The first kappa shape index (κ1) is 12.9. The molecule has 0 unspecified atom stereocenters. The van der Waals surface area contributed by atoms with Crippen molar-refractivity contribution in [3.8, 4) is 11.6 Å². The van der Waals surface area contributed by atoms with Gasteiger partial charge in [0.2, 0.25) is 5.88 Å². The molecule has 2 aromatic rings. The van der Waals surface area contributed by atoms with Crippen LogP contribution in [0.1, 0.15) is 5.56 Å². The summed E-state index contributed by atoms with van der Waals surface area (Å²) < 4.78 is 6.62. The number of nitrogens with zero attached hydrogens (tertiary/aromatic N) is 1. The first-order valence-electron chi connectivity index (χ1n) is 4.83. The molecule has 0 aliphatic rings. The predicted octanol–water partition coefficient (Wildman–Crippen LogP) is 5.18. The average Bonchev–Trinajstić information content (AvgIpc) is 2.34. The van der Waals surface area contributed by atoms with Gasteiger partial charge in [0, 0.05) is 21.6 Å². The van der Waals surface area contributed by atoms with Gasteiger partial charge in [0.1, 0.15) is 5.75 Å². The molecule has 0 spiro atoms. The molecule has 1 aromatic heterocycles. The van der Waals surface area contributed by atoms with Crippen LogP contribution in [0, 0.1) is 0 Å². The SMILES string of the molecule is Clc1ccc(Br)cc1Oc1ncccc1CBr. The molecule has 0 atom stereocenters. The van der Waals surface area contributed by atoms with Gasteiger partial charge in [-0.15, -0.1) is 0 Å². The highest BCUT2D eigenvalue weighted by molar-refractivity contribution is 9.10. The van der Waals surface area contributed by atoms with Crippen molar-refractivity contribution >= 4 is 43.5 Å². The molecule has 0 aliphatic heterocycles. The summed E-state index contributed by atoms with van der Waals surface area (Å²) in [6, 6.07) is 9.26. The van der Waals surface area contributed by atoms with E-state index in [0.717, 1.165) is 10.0 Å². The van der Waals surface area contributed by atoms with Gasteiger partial charge in [-0.2, -0.15) is 0 Å². The van der Waals surface area contributed by atoms with Crippen LogP contribution in [0.15, 0.2) is 41.0 Å². The van der Waals surface area contributed by atoms with Crippen LogP contribution in [0.25, 0.3) is 0 Å². The Hall–Kier alpha value is -0.580. The maximum Gasteiger partial charge on any atom is 0.223 e. The molecule has 0 saturated heterocycles. The molecule has 0 saturated carbocycles. The number of hydrogen-bond donors (Lipinski definition) is 0. The predicted molar refractivity (Wildman–Crippen MR) is 76.1 cm³/mol. The van der Waals surface area contributed by atoms with Crippen molar-refractivity contribution in [3.63, 3.8) is 0 Å². The molecule has 0 N–H and O–H groups in total. The van der Waals surface area contributed by atoms with Crippen LogP contribution < -0.4 is 4.74 Å². The minimum absolute atomic E-state index is 0.555. The van der Waals surface area contributed by atoms with Crippen molar-refractivity contribution in [1.82, 2.24) is 4.98 Å². The Morgan fingerprint density at radius 2 is 2.12 bits per heavy atom. The Balaban J connectivity index is 2.34. The van der Waals surface area contributed by atoms with Crippen LogP contribution >= 0.6 is 43.5 Å².